The number of Topliss-reactive ketones (excluding diaryl/α,β-unsaturated/α-hetero) is 2. The van der Waals surface area contributed by atoms with E-state index in [0.29, 0.717) is 12.8 Å². The zero-order chi connectivity index (χ0) is 26.9. The van der Waals surface area contributed by atoms with Crippen LogP contribution >= 0.6 is 0 Å². The van der Waals surface area contributed by atoms with Crippen molar-refractivity contribution in [2.75, 3.05) is 6.61 Å². The lowest BCUT2D eigenvalue weighted by Crippen LogP contribution is -2.55. The second kappa shape index (κ2) is 24.3. The highest BCUT2D eigenvalue weighted by Gasteiger charge is 2.45. The lowest BCUT2D eigenvalue weighted by molar-refractivity contribution is -0.165. The smallest absolute Gasteiger partial charge is 0.178 e. The van der Waals surface area contributed by atoms with Crippen molar-refractivity contribution < 1.29 is 24.9 Å². The van der Waals surface area contributed by atoms with E-state index in [0.717, 1.165) is 51.4 Å². The van der Waals surface area contributed by atoms with E-state index in [9.17, 15) is 24.9 Å². The van der Waals surface area contributed by atoms with E-state index in [-0.39, 0.29) is 12.8 Å². The largest absolute Gasteiger partial charge is 0.393 e. The Bertz CT molecular complexity index is 559. The first kappa shape index (κ1) is 35.0. The Labute approximate surface area is 222 Å². The maximum atomic E-state index is 12.5. The van der Waals surface area contributed by atoms with Gasteiger partial charge in [-0.3, -0.25) is 9.59 Å². The van der Waals surface area contributed by atoms with Crippen LogP contribution in [0.5, 0.6) is 0 Å². The van der Waals surface area contributed by atoms with Crippen LogP contribution in [0, 0.1) is 0 Å². The second-order valence-corrected chi connectivity index (χ2v) is 10.6. The molecule has 0 saturated carbocycles. The molecule has 0 bridgehead atoms. The summed E-state index contributed by atoms with van der Waals surface area (Å²) >= 11 is 0. The fourth-order valence-electron chi connectivity index (χ4n) is 4.56. The van der Waals surface area contributed by atoms with Gasteiger partial charge in [-0.1, -0.05) is 116 Å². The molecule has 2 atom stereocenters. The summed E-state index contributed by atoms with van der Waals surface area (Å²) in [6.07, 6.45) is 25.2. The number of aliphatic hydroxyl groups excluding tert-OH is 2. The summed E-state index contributed by atoms with van der Waals surface area (Å²) < 4.78 is 0. The molecule has 0 radical (unpaired) electrons. The Morgan fingerprint density at radius 3 is 1.47 bits per heavy atom. The highest BCUT2D eigenvalue weighted by molar-refractivity contribution is 5.96. The van der Waals surface area contributed by atoms with Gasteiger partial charge in [0.2, 0.25) is 0 Å². The number of aliphatic hydroxyl groups is 3. The molecule has 2 unspecified atom stereocenters. The van der Waals surface area contributed by atoms with E-state index in [1.807, 2.05) is 0 Å². The lowest BCUT2D eigenvalue weighted by atomic mass is 9.85. The van der Waals surface area contributed by atoms with E-state index in [1.54, 1.807) is 0 Å². The zero-order valence-corrected chi connectivity index (χ0v) is 23.7. The summed E-state index contributed by atoms with van der Waals surface area (Å²) in [5.74, 6) is -1.19. The van der Waals surface area contributed by atoms with Gasteiger partial charge in [0.15, 0.2) is 23.3 Å². The van der Waals surface area contributed by atoms with E-state index in [1.165, 1.54) is 64.2 Å². The van der Waals surface area contributed by atoms with Gasteiger partial charge in [0.1, 0.15) is 0 Å². The van der Waals surface area contributed by atoms with Gasteiger partial charge in [-0.2, -0.15) is 0 Å². The van der Waals surface area contributed by atoms with E-state index >= 15 is 0 Å². The van der Waals surface area contributed by atoms with Gasteiger partial charge in [0.05, 0.1) is 6.61 Å². The minimum Gasteiger partial charge on any atom is -0.393 e. The van der Waals surface area contributed by atoms with Crippen LogP contribution in [-0.2, 0) is 9.59 Å². The van der Waals surface area contributed by atoms with Crippen molar-refractivity contribution in [2.45, 2.75) is 167 Å². The van der Waals surface area contributed by atoms with Gasteiger partial charge >= 0.3 is 0 Å². The predicted molar refractivity (Wildman–Crippen MR) is 150 cm³/mol. The number of unbranched alkanes of at least 4 members (excludes halogenated alkanes) is 17. The average Bonchev–Trinajstić information content (AvgIpc) is 2.89. The topological polar surface area (TPSA) is 94.8 Å². The van der Waals surface area contributed by atoms with Gasteiger partial charge in [-0.25, -0.2) is 0 Å². The van der Waals surface area contributed by atoms with Crippen LogP contribution in [0.2, 0.25) is 0 Å². The minimum absolute atomic E-state index is 0.0720. The molecule has 5 nitrogen and oxygen atoms in total. The molecule has 0 heterocycles. The standard InChI is InChI=1S/C31H58O5/c1-3-5-7-9-11-12-13-14-15-16-17-18-20-21-23-25-28(33)30(35)31(36,27-32)29(34)26-24-22-19-10-8-6-4-2/h14-15,30,32,35-36H,3-13,16-27H2,1-2H3. The summed E-state index contributed by atoms with van der Waals surface area (Å²) in [6, 6.07) is 0. The number of hydrogen-bond donors (Lipinski definition) is 3. The zero-order valence-electron chi connectivity index (χ0n) is 23.7. The number of rotatable bonds is 27. The quantitative estimate of drug-likeness (QED) is 0.0791. The molecule has 0 aromatic heterocycles. The Balaban J connectivity index is 3.93. The number of allylic oxidation sites excluding steroid dienone is 2. The molecule has 0 amide bonds. The Hall–Kier alpha value is -1.04. The first-order chi connectivity index (χ1) is 17.4. The lowest BCUT2D eigenvalue weighted by Gasteiger charge is -2.29. The molecule has 0 aromatic carbocycles. The van der Waals surface area contributed by atoms with Crippen molar-refractivity contribution in [1.29, 1.82) is 0 Å². The first-order valence-electron chi connectivity index (χ1n) is 15.2. The molecule has 3 N–H and O–H groups in total. The van der Waals surface area contributed by atoms with Crippen LogP contribution < -0.4 is 0 Å². The number of ketones is 2. The molecule has 0 rings (SSSR count). The molecular formula is C31H58O5. The summed E-state index contributed by atoms with van der Waals surface area (Å²) in [5.41, 5.74) is -2.37. The van der Waals surface area contributed by atoms with E-state index in [4.69, 9.17) is 0 Å². The second-order valence-electron chi connectivity index (χ2n) is 10.6. The molecule has 0 aliphatic heterocycles. The summed E-state index contributed by atoms with van der Waals surface area (Å²) in [5, 5.41) is 30.5. The molecular weight excluding hydrogens is 452 g/mol. The normalized spacial score (nSPS) is 14.2. The Morgan fingerprint density at radius 2 is 1.03 bits per heavy atom. The maximum absolute atomic E-state index is 12.5. The van der Waals surface area contributed by atoms with Crippen LogP contribution in [-0.4, -0.2) is 45.2 Å². The molecule has 212 valence electrons. The summed E-state index contributed by atoms with van der Waals surface area (Å²) in [4.78, 5) is 24.8. The first-order valence-corrected chi connectivity index (χ1v) is 15.2. The van der Waals surface area contributed by atoms with Crippen LogP contribution in [0.25, 0.3) is 0 Å². The van der Waals surface area contributed by atoms with Gasteiger partial charge in [-0.05, 0) is 38.5 Å². The Morgan fingerprint density at radius 1 is 0.639 bits per heavy atom. The SMILES string of the molecule is CCCCCCCCC=CCCCCCCCC(=O)C(O)C(O)(CO)C(=O)CCCCCCCCC. The van der Waals surface area contributed by atoms with Crippen LogP contribution in [0.3, 0.4) is 0 Å². The molecule has 0 aliphatic rings. The minimum atomic E-state index is -2.37. The van der Waals surface area contributed by atoms with Crippen molar-refractivity contribution in [1.82, 2.24) is 0 Å². The van der Waals surface area contributed by atoms with Gasteiger partial charge in [0.25, 0.3) is 0 Å². The number of hydrogen-bond acceptors (Lipinski definition) is 5. The molecule has 0 fully saturated rings. The third-order valence-electron chi connectivity index (χ3n) is 7.17. The molecule has 0 spiro atoms. The van der Waals surface area contributed by atoms with Crippen molar-refractivity contribution in [3.05, 3.63) is 12.2 Å². The fourth-order valence-corrected chi connectivity index (χ4v) is 4.56. The average molecular weight is 511 g/mol. The Kier molecular flexibility index (Phi) is 23.6. The predicted octanol–water partition coefficient (Wildman–Crippen LogP) is 7.39. The monoisotopic (exact) mass is 510 g/mol. The van der Waals surface area contributed by atoms with Crippen LogP contribution in [0.1, 0.15) is 155 Å². The molecule has 0 aliphatic carbocycles. The van der Waals surface area contributed by atoms with Crippen molar-refractivity contribution >= 4 is 11.6 Å². The van der Waals surface area contributed by atoms with E-state index < -0.39 is 29.9 Å². The van der Waals surface area contributed by atoms with Crippen molar-refractivity contribution in [2.24, 2.45) is 0 Å². The van der Waals surface area contributed by atoms with Crippen LogP contribution in [0.15, 0.2) is 12.2 Å². The number of carbonyl (C=O) groups is 2. The van der Waals surface area contributed by atoms with Crippen molar-refractivity contribution in [3.63, 3.8) is 0 Å². The highest BCUT2D eigenvalue weighted by atomic mass is 16.4. The van der Waals surface area contributed by atoms with Crippen LogP contribution in [0.4, 0.5) is 0 Å². The third kappa shape index (κ3) is 17.4. The molecule has 0 saturated heterocycles. The molecule has 5 heteroatoms. The maximum Gasteiger partial charge on any atom is 0.178 e. The van der Waals surface area contributed by atoms with Gasteiger partial charge < -0.3 is 15.3 Å². The fraction of sp³-hybridized carbons (Fsp3) is 0.871. The number of carbonyl (C=O) groups excluding carboxylic acids is 2. The van der Waals surface area contributed by atoms with Gasteiger partial charge in [-0.15, -0.1) is 0 Å². The summed E-state index contributed by atoms with van der Waals surface area (Å²) in [6.45, 7) is 3.48. The highest BCUT2D eigenvalue weighted by Crippen LogP contribution is 2.20. The van der Waals surface area contributed by atoms with Gasteiger partial charge in [0, 0.05) is 12.8 Å². The van der Waals surface area contributed by atoms with Crippen molar-refractivity contribution in [3.8, 4) is 0 Å². The summed E-state index contributed by atoms with van der Waals surface area (Å²) in [7, 11) is 0. The van der Waals surface area contributed by atoms with E-state index in [2.05, 4.69) is 26.0 Å². The third-order valence-corrected chi connectivity index (χ3v) is 7.17. The molecule has 0 aromatic rings. The molecule has 36 heavy (non-hydrogen) atoms.